The van der Waals surface area contributed by atoms with Crippen LogP contribution < -0.4 is 0 Å². The van der Waals surface area contributed by atoms with E-state index in [4.69, 9.17) is 0 Å². The molecule has 3 rings (SSSR count). The summed E-state index contributed by atoms with van der Waals surface area (Å²) in [6, 6.07) is 9.18. The Kier molecular flexibility index (Phi) is 4.22. The molecule has 1 aromatic carbocycles. The second-order valence-corrected chi connectivity index (χ2v) is 5.48. The van der Waals surface area contributed by atoms with Gasteiger partial charge in [-0.05, 0) is 35.9 Å². The molecule has 0 atom stereocenters. The quantitative estimate of drug-likeness (QED) is 0.664. The lowest BCUT2D eigenvalue weighted by atomic mass is 10.1. The molecule has 112 valence electrons. The zero-order valence-electron chi connectivity index (χ0n) is 11.7. The van der Waals surface area contributed by atoms with E-state index in [2.05, 4.69) is 9.97 Å². The van der Waals surface area contributed by atoms with Gasteiger partial charge in [-0.25, -0.2) is 13.8 Å². The van der Waals surface area contributed by atoms with Crippen molar-refractivity contribution >= 4 is 23.0 Å². The van der Waals surface area contributed by atoms with Gasteiger partial charge in [0.15, 0.2) is 11.6 Å². The van der Waals surface area contributed by atoms with Crippen LogP contribution in [0.25, 0.3) is 22.9 Å². The molecule has 0 spiro atoms. The molecular weight excluding hydrogens is 316 g/mol. The monoisotopic (exact) mass is 325 g/mol. The molecule has 0 aliphatic heterocycles. The summed E-state index contributed by atoms with van der Waals surface area (Å²) in [5, 5.41) is 11.7. The lowest BCUT2D eigenvalue weighted by Crippen LogP contribution is -1.86. The van der Waals surface area contributed by atoms with E-state index in [1.165, 1.54) is 23.5 Å². The second kappa shape index (κ2) is 6.46. The van der Waals surface area contributed by atoms with Gasteiger partial charge in [-0.3, -0.25) is 4.98 Å². The maximum Gasteiger partial charge on any atom is 0.159 e. The maximum absolute atomic E-state index is 13.3. The van der Waals surface area contributed by atoms with E-state index < -0.39 is 11.6 Å². The van der Waals surface area contributed by atoms with Crippen LogP contribution in [-0.2, 0) is 0 Å². The number of allylic oxidation sites excluding steroid dienone is 1. The fourth-order valence-corrected chi connectivity index (χ4v) is 2.76. The van der Waals surface area contributed by atoms with Crippen molar-refractivity contribution in [3.63, 3.8) is 0 Å². The van der Waals surface area contributed by atoms with Crippen molar-refractivity contribution in [1.82, 2.24) is 9.97 Å². The van der Waals surface area contributed by atoms with Gasteiger partial charge in [0.25, 0.3) is 0 Å². The van der Waals surface area contributed by atoms with Gasteiger partial charge in [-0.15, -0.1) is 11.3 Å². The van der Waals surface area contributed by atoms with Crippen LogP contribution in [0.2, 0.25) is 0 Å². The highest BCUT2D eigenvalue weighted by Crippen LogP contribution is 2.27. The Morgan fingerprint density at radius 1 is 1.13 bits per heavy atom. The first kappa shape index (κ1) is 15.0. The smallest absolute Gasteiger partial charge is 0.159 e. The average molecular weight is 325 g/mol. The predicted octanol–water partition coefficient (Wildman–Crippen LogP) is 4.55. The average Bonchev–Trinajstić information content (AvgIpc) is 3.06. The van der Waals surface area contributed by atoms with Gasteiger partial charge in [0.1, 0.15) is 11.1 Å². The third-order valence-corrected chi connectivity index (χ3v) is 3.96. The fraction of sp³-hybridized carbons (Fsp3) is 0. The van der Waals surface area contributed by atoms with Gasteiger partial charge in [0.2, 0.25) is 0 Å². The summed E-state index contributed by atoms with van der Waals surface area (Å²) in [7, 11) is 0. The minimum atomic E-state index is -0.951. The Labute approximate surface area is 135 Å². The maximum atomic E-state index is 13.3. The van der Waals surface area contributed by atoms with Crippen molar-refractivity contribution < 1.29 is 8.78 Å². The Balaban J connectivity index is 1.96. The van der Waals surface area contributed by atoms with Gasteiger partial charge in [0.05, 0.1) is 11.3 Å². The van der Waals surface area contributed by atoms with Crippen LogP contribution in [0, 0.1) is 23.0 Å². The summed E-state index contributed by atoms with van der Waals surface area (Å²) in [5.74, 6) is -1.87. The topological polar surface area (TPSA) is 49.6 Å². The summed E-state index contributed by atoms with van der Waals surface area (Å²) in [5.41, 5.74) is 2.33. The third kappa shape index (κ3) is 3.30. The zero-order valence-corrected chi connectivity index (χ0v) is 12.5. The highest BCUT2D eigenvalue weighted by molar-refractivity contribution is 7.11. The van der Waals surface area contributed by atoms with E-state index in [1.807, 2.05) is 23.6 Å². The number of rotatable bonds is 3. The largest absolute Gasteiger partial charge is 0.265 e. The zero-order chi connectivity index (χ0) is 16.2. The first-order chi connectivity index (χ1) is 11.2. The second-order valence-electron chi connectivity index (χ2n) is 4.62. The van der Waals surface area contributed by atoms with Gasteiger partial charge < -0.3 is 0 Å². The summed E-state index contributed by atoms with van der Waals surface area (Å²) >= 11 is 1.31. The van der Waals surface area contributed by atoms with Crippen LogP contribution in [0.4, 0.5) is 8.78 Å². The fourth-order valence-electron chi connectivity index (χ4n) is 1.96. The first-order valence-corrected chi connectivity index (χ1v) is 7.48. The molecule has 3 nitrogen and oxygen atoms in total. The van der Waals surface area contributed by atoms with Crippen molar-refractivity contribution in [2.45, 2.75) is 0 Å². The molecule has 0 aliphatic carbocycles. The molecule has 6 heteroatoms. The lowest BCUT2D eigenvalue weighted by molar-refractivity contribution is 0.508. The molecule has 3 aromatic rings. The van der Waals surface area contributed by atoms with Crippen LogP contribution >= 0.6 is 11.3 Å². The number of pyridine rings is 1. The molecule has 0 saturated carbocycles. The van der Waals surface area contributed by atoms with E-state index in [-0.39, 0.29) is 0 Å². The highest BCUT2D eigenvalue weighted by atomic mass is 32.1. The number of benzene rings is 1. The number of thiazole rings is 1. The van der Waals surface area contributed by atoms with Gasteiger partial charge in [0, 0.05) is 23.3 Å². The Hall–Kier alpha value is -2.91. The normalized spacial score (nSPS) is 11.3. The summed E-state index contributed by atoms with van der Waals surface area (Å²) in [6.45, 7) is 0. The van der Waals surface area contributed by atoms with Gasteiger partial charge >= 0.3 is 0 Å². The van der Waals surface area contributed by atoms with Crippen LogP contribution in [0.1, 0.15) is 10.6 Å². The lowest BCUT2D eigenvalue weighted by Gasteiger charge is -1.98. The van der Waals surface area contributed by atoms with Crippen LogP contribution in [0.15, 0.2) is 48.1 Å². The van der Waals surface area contributed by atoms with E-state index in [9.17, 15) is 14.0 Å². The molecule has 23 heavy (non-hydrogen) atoms. The SMILES string of the molecule is N#CC(=Cc1ccc(F)c(F)c1)c1nc(-c2ccncc2)cs1. The molecule has 0 amide bonds. The molecular formula is C17H9F2N3S. The van der Waals surface area contributed by atoms with Crippen LogP contribution in [-0.4, -0.2) is 9.97 Å². The van der Waals surface area contributed by atoms with Crippen molar-refractivity contribution in [3.8, 4) is 17.3 Å². The van der Waals surface area contributed by atoms with Crippen molar-refractivity contribution in [3.05, 3.63) is 70.3 Å². The molecule has 2 heterocycles. The summed E-state index contributed by atoms with van der Waals surface area (Å²) in [4.78, 5) is 8.37. The highest BCUT2D eigenvalue weighted by Gasteiger charge is 2.10. The Morgan fingerprint density at radius 3 is 2.61 bits per heavy atom. The van der Waals surface area contributed by atoms with E-state index in [1.54, 1.807) is 12.4 Å². The predicted molar refractivity (Wildman–Crippen MR) is 85.2 cm³/mol. The molecule has 2 aromatic heterocycles. The molecule has 0 unspecified atom stereocenters. The van der Waals surface area contributed by atoms with Crippen LogP contribution in [0.3, 0.4) is 0 Å². The molecule has 0 N–H and O–H groups in total. The van der Waals surface area contributed by atoms with Gasteiger partial charge in [-0.2, -0.15) is 5.26 Å². The Bertz CT molecular complexity index is 911. The van der Waals surface area contributed by atoms with Crippen molar-refractivity contribution in [2.75, 3.05) is 0 Å². The van der Waals surface area contributed by atoms with Gasteiger partial charge in [-0.1, -0.05) is 6.07 Å². The minimum absolute atomic E-state index is 0.293. The summed E-state index contributed by atoms with van der Waals surface area (Å²) in [6.07, 6.45) is 4.81. The number of nitrogens with zero attached hydrogens (tertiary/aromatic N) is 3. The number of halogens is 2. The number of hydrogen-bond donors (Lipinski definition) is 0. The van der Waals surface area contributed by atoms with Crippen LogP contribution in [0.5, 0.6) is 0 Å². The van der Waals surface area contributed by atoms with Crippen molar-refractivity contribution in [2.24, 2.45) is 0 Å². The Morgan fingerprint density at radius 2 is 1.91 bits per heavy atom. The molecule has 0 aliphatic rings. The number of hydrogen-bond acceptors (Lipinski definition) is 4. The summed E-state index contributed by atoms with van der Waals surface area (Å²) < 4.78 is 26.2. The molecule has 0 bridgehead atoms. The van der Waals surface area contributed by atoms with Crippen molar-refractivity contribution in [1.29, 1.82) is 5.26 Å². The first-order valence-electron chi connectivity index (χ1n) is 6.60. The number of nitriles is 1. The molecule has 0 radical (unpaired) electrons. The third-order valence-electron chi connectivity index (χ3n) is 3.09. The standard InChI is InChI=1S/C17H9F2N3S/c18-14-2-1-11(8-15(14)19)7-13(9-20)17-22-16(10-23-17)12-3-5-21-6-4-12/h1-8,10H. The molecule has 0 fully saturated rings. The minimum Gasteiger partial charge on any atom is -0.265 e. The van der Waals surface area contributed by atoms with E-state index in [0.29, 0.717) is 16.1 Å². The van der Waals surface area contributed by atoms with E-state index >= 15 is 0 Å². The van der Waals surface area contributed by atoms with E-state index in [0.717, 1.165) is 23.4 Å². The molecule has 0 saturated heterocycles. The number of aromatic nitrogens is 2.